The molecule has 2 atom stereocenters. The van der Waals surface area contributed by atoms with Crippen LogP contribution in [0.15, 0.2) is 54.6 Å². The molecule has 2 aromatic carbocycles. The second-order valence-corrected chi connectivity index (χ2v) is 7.83. The molecule has 0 bridgehead atoms. The third kappa shape index (κ3) is 8.06. The molecule has 0 saturated heterocycles. The van der Waals surface area contributed by atoms with Crippen LogP contribution in [0.3, 0.4) is 0 Å². The Morgan fingerprint density at radius 3 is 2.39 bits per heavy atom. The van der Waals surface area contributed by atoms with Crippen LogP contribution >= 0.6 is 0 Å². The quantitative estimate of drug-likeness (QED) is 0.542. The molecule has 0 aromatic heterocycles. The number of hydrogen-bond acceptors (Lipinski definition) is 4. The van der Waals surface area contributed by atoms with Gasteiger partial charge >= 0.3 is 0 Å². The molecule has 0 unspecified atom stereocenters. The molecule has 0 radical (unpaired) electrons. The topological polar surface area (TPSA) is 70.7 Å². The van der Waals surface area contributed by atoms with E-state index in [2.05, 4.69) is 22.8 Å². The Labute approximate surface area is 186 Å². The van der Waals surface area contributed by atoms with Gasteiger partial charge in [0.05, 0.1) is 25.4 Å². The standard InChI is InChI=1S/C25H35N3O3/c1-5-17-28(18-24(29)27-22-13-9-10-14-23(22)31-4)20(3)25(30)26-19(2)15-16-21-11-7-6-8-12-21/h6-14,19-20H,5,15-18H2,1-4H3,(H,26,30)(H,27,29)/t19-,20-/m1/s1. The maximum Gasteiger partial charge on any atom is 0.238 e. The molecule has 0 fully saturated rings. The first-order chi connectivity index (χ1) is 14.9. The van der Waals surface area contributed by atoms with E-state index in [0.29, 0.717) is 18.0 Å². The fraction of sp³-hybridized carbons (Fsp3) is 0.440. The normalized spacial score (nSPS) is 12.8. The van der Waals surface area contributed by atoms with Crippen molar-refractivity contribution in [2.45, 2.75) is 52.1 Å². The number of nitrogens with one attached hydrogen (secondary N) is 2. The van der Waals surface area contributed by atoms with Crippen molar-refractivity contribution >= 4 is 17.5 Å². The second kappa shape index (κ2) is 12.7. The summed E-state index contributed by atoms with van der Waals surface area (Å²) in [5.41, 5.74) is 1.88. The van der Waals surface area contributed by atoms with Gasteiger partial charge in [-0.2, -0.15) is 0 Å². The number of anilines is 1. The summed E-state index contributed by atoms with van der Waals surface area (Å²) in [6.45, 7) is 6.71. The summed E-state index contributed by atoms with van der Waals surface area (Å²) in [5.74, 6) is 0.379. The Balaban J connectivity index is 1.89. The van der Waals surface area contributed by atoms with Crippen LogP contribution in [0.2, 0.25) is 0 Å². The highest BCUT2D eigenvalue weighted by molar-refractivity contribution is 5.94. The van der Waals surface area contributed by atoms with Crippen LogP contribution in [0.4, 0.5) is 5.69 Å². The van der Waals surface area contributed by atoms with Gasteiger partial charge in [0.25, 0.3) is 0 Å². The number of hydrogen-bond donors (Lipinski definition) is 2. The van der Waals surface area contributed by atoms with Crippen molar-refractivity contribution in [1.82, 2.24) is 10.2 Å². The average Bonchev–Trinajstić information content (AvgIpc) is 2.78. The maximum atomic E-state index is 12.8. The van der Waals surface area contributed by atoms with E-state index in [9.17, 15) is 9.59 Å². The molecule has 6 nitrogen and oxygen atoms in total. The first kappa shape index (κ1) is 24.4. The number of ether oxygens (including phenoxy) is 1. The maximum absolute atomic E-state index is 12.8. The predicted molar refractivity (Wildman–Crippen MR) is 125 cm³/mol. The molecule has 0 aliphatic rings. The minimum absolute atomic E-state index is 0.0564. The lowest BCUT2D eigenvalue weighted by Gasteiger charge is -2.28. The number of para-hydroxylation sites is 2. The molecule has 0 aliphatic heterocycles. The molecule has 0 heterocycles. The number of carbonyl (C=O) groups is 2. The minimum Gasteiger partial charge on any atom is -0.495 e. The summed E-state index contributed by atoms with van der Waals surface area (Å²) in [6, 6.07) is 17.2. The molecule has 2 N–H and O–H groups in total. The average molecular weight is 426 g/mol. The molecule has 168 valence electrons. The van der Waals surface area contributed by atoms with Gasteiger partial charge in [-0.25, -0.2) is 0 Å². The van der Waals surface area contributed by atoms with Crippen molar-refractivity contribution in [3.8, 4) is 5.75 Å². The molecule has 6 heteroatoms. The SMILES string of the molecule is CCCN(CC(=O)Nc1ccccc1OC)[C@H](C)C(=O)N[C@H](C)CCc1ccccc1. The van der Waals surface area contributed by atoms with Crippen LogP contribution in [0.1, 0.15) is 39.2 Å². The molecular weight excluding hydrogens is 390 g/mol. The highest BCUT2D eigenvalue weighted by atomic mass is 16.5. The molecule has 0 spiro atoms. The Morgan fingerprint density at radius 1 is 1.03 bits per heavy atom. The number of carbonyl (C=O) groups excluding carboxylic acids is 2. The van der Waals surface area contributed by atoms with E-state index in [1.807, 2.05) is 56.0 Å². The van der Waals surface area contributed by atoms with E-state index in [1.54, 1.807) is 19.2 Å². The zero-order valence-corrected chi connectivity index (χ0v) is 19.1. The Bertz CT molecular complexity index is 826. The summed E-state index contributed by atoms with van der Waals surface area (Å²) in [4.78, 5) is 27.4. The zero-order chi connectivity index (χ0) is 22.6. The largest absolute Gasteiger partial charge is 0.495 e. The first-order valence-electron chi connectivity index (χ1n) is 11.0. The lowest BCUT2D eigenvalue weighted by molar-refractivity contribution is -0.127. The van der Waals surface area contributed by atoms with Gasteiger partial charge in [0, 0.05) is 6.04 Å². The molecule has 2 amide bonds. The Morgan fingerprint density at radius 2 is 1.71 bits per heavy atom. The Hall–Kier alpha value is -2.86. The second-order valence-electron chi connectivity index (χ2n) is 7.83. The molecule has 2 rings (SSSR count). The van der Waals surface area contributed by atoms with Crippen LogP contribution in [0.25, 0.3) is 0 Å². The highest BCUT2D eigenvalue weighted by Gasteiger charge is 2.24. The lowest BCUT2D eigenvalue weighted by atomic mass is 10.1. The fourth-order valence-corrected chi connectivity index (χ4v) is 3.45. The van der Waals surface area contributed by atoms with Crippen molar-refractivity contribution in [3.63, 3.8) is 0 Å². The van der Waals surface area contributed by atoms with Crippen LogP contribution in [0.5, 0.6) is 5.75 Å². The smallest absolute Gasteiger partial charge is 0.238 e. The van der Waals surface area contributed by atoms with E-state index >= 15 is 0 Å². The van der Waals surface area contributed by atoms with Crippen molar-refractivity contribution in [1.29, 1.82) is 0 Å². The van der Waals surface area contributed by atoms with Crippen molar-refractivity contribution in [2.24, 2.45) is 0 Å². The number of methoxy groups -OCH3 is 1. The van der Waals surface area contributed by atoms with Gasteiger partial charge < -0.3 is 15.4 Å². The lowest BCUT2D eigenvalue weighted by Crippen LogP contribution is -2.50. The van der Waals surface area contributed by atoms with Gasteiger partial charge in [-0.3, -0.25) is 14.5 Å². The van der Waals surface area contributed by atoms with Gasteiger partial charge in [0.2, 0.25) is 11.8 Å². The summed E-state index contributed by atoms with van der Waals surface area (Å²) < 4.78 is 5.29. The number of amides is 2. The summed E-state index contributed by atoms with van der Waals surface area (Å²) >= 11 is 0. The first-order valence-corrected chi connectivity index (χ1v) is 11.0. The number of aryl methyl sites for hydroxylation is 1. The molecule has 0 saturated carbocycles. The highest BCUT2D eigenvalue weighted by Crippen LogP contribution is 2.23. The van der Waals surface area contributed by atoms with Crippen LogP contribution < -0.4 is 15.4 Å². The van der Waals surface area contributed by atoms with E-state index in [4.69, 9.17) is 4.74 Å². The number of benzene rings is 2. The van der Waals surface area contributed by atoms with Gasteiger partial charge in [-0.1, -0.05) is 49.4 Å². The van der Waals surface area contributed by atoms with E-state index in [-0.39, 0.29) is 24.4 Å². The van der Waals surface area contributed by atoms with Crippen LogP contribution in [-0.2, 0) is 16.0 Å². The van der Waals surface area contributed by atoms with Gasteiger partial charge in [-0.05, 0) is 57.4 Å². The van der Waals surface area contributed by atoms with Crippen molar-refractivity contribution in [3.05, 3.63) is 60.2 Å². The third-order valence-electron chi connectivity index (χ3n) is 5.26. The Kier molecular flexibility index (Phi) is 10.0. The summed E-state index contributed by atoms with van der Waals surface area (Å²) in [5, 5.41) is 5.98. The van der Waals surface area contributed by atoms with Crippen LogP contribution in [-0.4, -0.2) is 49.0 Å². The van der Waals surface area contributed by atoms with Crippen LogP contribution in [0, 0.1) is 0 Å². The number of rotatable bonds is 12. The molecular formula is C25H35N3O3. The number of nitrogens with zero attached hydrogens (tertiary/aromatic N) is 1. The van der Waals surface area contributed by atoms with Gasteiger partial charge in [0.15, 0.2) is 0 Å². The fourth-order valence-electron chi connectivity index (χ4n) is 3.45. The van der Waals surface area contributed by atoms with Crippen molar-refractivity contribution in [2.75, 3.05) is 25.5 Å². The monoisotopic (exact) mass is 425 g/mol. The summed E-state index contributed by atoms with van der Waals surface area (Å²) in [6.07, 6.45) is 2.63. The van der Waals surface area contributed by atoms with Gasteiger partial charge in [-0.15, -0.1) is 0 Å². The predicted octanol–water partition coefficient (Wildman–Crippen LogP) is 3.87. The zero-order valence-electron chi connectivity index (χ0n) is 19.1. The van der Waals surface area contributed by atoms with Crippen molar-refractivity contribution < 1.29 is 14.3 Å². The summed E-state index contributed by atoms with van der Waals surface area (Å²) in [7, 11) is 1.57. The molecule has 2 aromatic rings. The van der Waals surface area contributed by atoms with E-state index in [1.165, 1.54) is 5.56 Å². The van der Waals surface area contributed by atoms with Gasteiger partial charge in [0.1, 0.15) is 5.75 Å². The molecule has 0 aliphatic carbocycles. The third-order valence-corrected chi connectivity index (χ3v) is 5.26. The minimum atomic E-state index is -0.400. The van der Waals surface area contributed by atoms with E-state index < -0.39 is 6.04 Å². The van der Waals surface area contributed by atoms with E-state index in [0.717, 1.165) is 19.3 Å². The molecule has 31 heavy (non-hydrogen) atoms.